The second-order valence-corrected chi connectivity index (χ2v) is 6.08. The second kappa shape index (κ2) is 3.54. The molecular formula is C14H24. The van der Waals surface area contributed by atoms with Gasteiger partial charge in [-0.25, -0.2) is 0 Å². The Kier molecular flexibility index (Phi) is 2.34. The van der Waals surface area contributed by atoms with Crippen LogP contribution in [0.3, 0.4) is 0 Å². The normalized spacial score (nSPS) is 52.5. The quantitative estimate of drug-likeness (QED) is 0.538. The van der Waals surface area contributed by atoms with Gasteiger partial charge in [-0.1, -0.05) is 32.6 Å². The molecule has 0 aromatic rings. The maximum absolute atomic E-state index is 2.57. The largest absolute Gasteiger partial charge is 0.0620 e. The van der Waals surface area contributed by atoms with E-state index in [0.717, 1.165) is 29.6 Å². The Morgan fingerprint density at radius 3 is 1.36 bits per heavy atom. The molecule has 0 N–H and O–H groups in total. The summed E-state index contributed by atoms with van der Waals surface area (Å²) in [5, 5.41) is 0. The van der Waals surface area contributed by atoms with E-state index in [4.69, 9.17) is 0 Å². The zero-order valence-electron chi connectivity index (χ0n) is 9.54. The average molecular weight is 192 g/mol. The van der Waals surface area contributed by atoms with Gasteiger partial charge in [-0.15, -0.1) is 0 Å². The van der Waals surface area contributed by atoms with Crippen molar-refractivity contribution in [1.82, 2.24) is 0 Å². The highest BCUT2D eigenvalue weighted by Gasteiger charge is 2.48. The van der Waals surface area contributed by atoms with Gasteiger partial charge in [0.25, 0.3) is 0 Å². The van der Waals surface area contributed by atoms with Crippen molar-refractivity contribution in [3.63, 3.8) is 0 Å². The Hall–Kier alpha value is 0. The van der Waals surface area contributed by atoms with Crippen molar-refractivity contribution in [1.29, 1.82) is 0 Å². The zero-order chi connectivity index (χ0) is 9.54. The summed E-state index contributed by atoms with van der Waals surface area (Å²) in [6.07, 6.45) is 12.4. The lowest BCUT2D eigenvalue weighted by Crippen LogP contribution is -2.22. The highest BCUT2D eigenvalue weighted by Crippen LogP contribution is 2.56. The van der Waals surface area contributed by atoms with Gasteiger partial charge in [0.2, 0.25) is 0 Å². The highest BCUT2D eigenvalue weighted by atomic mass is 14.5. The number of rotatable bonds is 0. The van der Waals surface area contributed by atoms with Gasteiger partial charge in [0.15, 0.2) is 0 Å². The third-order valence-electron chi connectivity index (χ3n) is 5.65. The van der Waals surface area contributed by atoms with Crippen molar-refractivity contribution in [3.05, 3.63) is 0 Å². The highest BCUT2D eigenvalue weighted by molar-refractivity contribution is 4.97. The van der Waals surface area contributed by atoms with Crippen LogP contribution in [0.25, 0.3) is 0 Å². The lowest BCUT2D eigenvalue weighted by molar-refractivity contribution is 0.184. The first-order valence-corrected chi connectivity index (χ1v) is 6.88. The van der Waals surface area contributed by atoms with Gasteiger partial charge in [-0.05, 0) is 55.3 Å². The summed E-state index contributed by atoms with van der Waals surface area (Å²) >= 11 is 0. The van der Waals surface area contributed by atoms with Gasteiger partial charge in [0.1, 0.15) is 0 Å². The summed E-state index contributed by atoms with van der Waals surface area (Å²) in [6.45, 7) is 2.57. The fourth-order valence-corrected chi connectivity index (χ4v) is 5.06. The summed E-state index contributed by atoms with van der Waals surface area (Å²) < 4.78 is 0. The molecule has 0 aliphatic heterocycles. The standard InChI is InChI=1S/C14H24/c1-10-11-6-2-4-8-13(11)14-9-5-3-7-12(10)14/h10-14H,2-9H2,1H3. The van der Waals surface area contributed by atoms with E-state index in [9.17, 15) is 0 Å². The van der Waals surface area contributed by atoms with Crippen molar-refractivity contribution < 1.29 is 0 Å². The minimum atomic E-state index is 1.07. The molecule has 0 radical (unpaired) electrons. The molecule has 0 spiro atoms. The lowest BCUT2D eigenvalue weighted by atomic mass is 9.73. The van der Waals surface area contributed by atoms with E-state index < -0.39 is 0 Å². The molecule has 3 aliphatic rings. The second-order valence-electron chi connectivity index (χ2n) is 6.08. The molecule has 0 aromatic carbocycles. The Morgan fingerprint density at radius 1 is 0.571 bits per heavy atom. The molecule has 0 amide bonds. The molecule has 0 heterocycles. The summed E-state index contributed by atoms with van der Waals surface area (Å²) in [6, 6.07) is 0. The third kappa shape index (κ3) is 1.26. The fraction of sp³-hybridized carbons (Fsp3) is 1.00. The number of hydrogen-bond donors (Lipinski definition) is 0. The van der Waals surface area contributed by atoms with Crippen LogP contribution in [0.1, 0.15) is 58.3 Å². The van der Waals surface area contributed by atoms with Gasteiger partial charge < -0.3 is 0 Å². The Balaban J connectivity index is 1.83. The van der Waals surface area contributed by atoms with Gasteiger partial charge in [-0.2, -0.15) is 0 Å². The van der Waals surface area contributed by atoms with Gasteiger partial charge in [0, 0.05) is 0 Å². The Labute approximate surface area is 88.5 Å². The van der Waals surface area contributed by atoms with Crippen LogP contribution in [-0.2, 0) is 0 Å². The average Bonchev–Trinajstić information content (AvgIpc) is 2.55. The van der Waals surface area contributed by atoms with Crippen molar-refractivity contribution in [2.24, 2.45) is 29.6 Å². The predicted molar refractivity (Wildman–Crippen MR) is 60.1 cm³/mol. The molecule has 80 valence electrons. The van der Waals surface area contributed by atoms with Crippen molar-refractivity contribution in [2.45, 2.75) is 58.3 Å². The van der Waals surface area contributed by atoms with E-state index in [2.05, 4.69) is 6.92 Å². The molecule has 3 rings (SSSR count). The minimum absolute atomic E-state index is 1.07. The fourth-order valence-electron chi connectivity index (χ4n) is 5.06. The van der Waals surface area contributed by atoms with Gasteiger partial charge >= 0.3 is 0 Å². The first-order chi connectivity index (χ1) is 6.88. The SMILES string of the molecule is CC1C2CCCCC2C2CCCCC12. The lowest BCUT2D eigenvalue weighted by Gasteiger charge is -2.32. The summed E-state index contributed by atoms with van der Waals surface area (Å²) in [5.74, 6) is 5.66. The topological polar surface area (TPSA) is 0 Å². The van der Waals surface area contributed by atoms with Crippen LogP contribution in [0.5, 0.6) is 0 Å². The van der Waals surface area contributed by atoms with E-state index in [1.165, 1.54) is 25.7 Å². The van der Waals surface area contributed by atoms with Crippen molar-refractivity contribution in [3.8, 4) is 0 Å². The molecule has 3 fully saturated rings. The van der Waals surface area contributed by atoms with Crippen molar-refractivity contribution >= 4 is 0 Å². The van der Waals surface area contributed by atoms with E-state index in [1.54, 1.807) is 25.7 Å². The van der Waals surface area contributed by atoms with Crippen LogP contribution in [0.4, 0.5) is 0 Å². The predicted octanol–water partition coefficient (Wildman–Crippen LogP) is 4.25. The molecule has 0 nitrogen and oxygen atoms in total. The molecule has 3 saturated carbocycles. The molecule has 0 bridgehead atoms. The molecule has 0 aromatic heterocycles. The van der Waals surface area contributed by atoms with Gasteiger partial charge in [-0.3, -0.25) is 0 Å². The van der Waals surface area contributed by atoms with Crippen LogP contribution in [0.2, 0.25) is 0 Å². The number of fused-ring (bicyclic) bond motifs is 3. The van der Waals surface area contributed by atoms with E-state index in [-0.39, 0.29) is 0 Å². The molecule has 4 unspecified atom stereocenters. The molecule has 0 saturated heterocycles. The van der Waals surface area contributed by atoms with Crippen LogP contribution in [0, 0.1) is 29.6 Å². The van der Waals surface area contributed by atoms with Crippen LogP contribution in [-0.4, -0.2) is 0 Å². The monoisotopic (exact) mass is 192 g/mol. The number of hydrogen-bond acceptors (Lipinski definition) is 0. The molecule has 0 heteroatoms. The summed E-state index contributed by atoms with van der Waals surface area (Å²) in [4.78, 5) is 0. The van der Waals surface area contributed by atoms with Crippen molar-refractivity contribution in [2.75, 3.05) is 0 Å². The van der Waals surface area contributed by atoms with Gasteiger partial charge in [0.05, 0.1) is 0 Å². The summed E-state index contributed by atoms with van der Waals surface area (Å²) in [7, 11) is 0. The van der Waals surface area contributed by atoms with E-state index >= 15 is 0 Å². The van der Waals surface area contributed by atoms with E-state index in [0.29, 0.717) is 0 Å². The molecule has 3 aliphatic carbocycles. The Bertz CT molecular complexity index is 186. The van der Waals surface area contributed by atoms with Crippen LogP contribution >= 0.6 is 0 Å². The zero-order valence-corrected chi connectivity index (χ0v) is 9.54. The maximum Gasteiger partial charge on any atom is -0.0352 e. The minimum Gasteiger partial charge on any atom is -0.0620 e. The maximum atomic E-state index is 2.57. The third-order valence-corrected chi connectivity index (χ3v) is 5.65. The van der Waals surface area contributed by atoms with Crippen LogP contribution in [0.15, 0.2) is 0 Å². The molecule has 4 atom stereocenters. The first-order valence-electron chi connectivity index (χ1n) is 6.88. The smallest absolute Gasteiger partial charge is 0.0352 e. The molecular weight excluding hydrogens is 168 g/mol. The van der Waals surface area contributed by atoms with Crippen LogP contribution < -0.4 is 0 Å². The first kappa shape index (κ1) is 9.24. The summed E-state index contributed by atoms with van der Waals surface area (Å²) in [5.41, 5.74) is 0. The molecule has 14 heavy (non-hydrogen) atoms. The van der Waals surface area contributed by atoms with E-state index in [1.807, 2.05) is 0 Å². The Morgan fingerprint density at radius 2 is 0.929 bits per heavy atom.